The lowest BCUT2D eigenvalue weighted by Gasteiger charge is -2.08. The molecule has 0 saturated carbocycles. The molecule has 0 aliphatic heterocycles. The molecule has 150 valence electrons. The van der Waals surface area contributed by atoms with Crippen LogP contribution in [0.4, 0.5) is 0 Å². The van der Waals surface area contributed by atoms with Crippen molar-refractivity contribution in [1.29, 1.82) is 0 Å². The summed E-state index contributed by atoms with van der Waals surface area (Å²) in [5.74, 6) is -0.168. The number of alkyl halides is 1. The van der Waals surface area contributed by atoms with Crippen molar-refractivity contribution in [1.82, 2.24) is 0 Å². The first kappa shape index (κ1) is 25.2. The molecule has 0 heterocycles. The SMILES string of the molecule is CCCCCCCCCCCCCCCCCC(=O)OC[C@@H](O)CI. The summed E-state index contributed by atoms with van der Waals surface area (Å²) >= 11 is 2.08. The van der Waals surface area contributed by atoms with Gasteiger partial charge in [0, 0.05) is 10.8 Å². The summed E-state index contributed by atoms with van der Waals surface area (Å²) in [6, 6.07) is 0. The second kappa shape index (κ2) is 20.5. The normalized spacial score (nSPS) is 12.3. The molecular formula is C21H41IO3. The molecule has 0 amide bonds. The van der Waals surface area contributed by atoms with Crippen LogP contribution in [-0.2, 0) is 9.53 Å². The molecular weight excluding hydrogens is 427 g/mol. The smallest absolute Gasteiger partial charge is 0.305 e. The summed E-state index contributed by atoms with van der Waals surface area (Å²) < 4.78 is 5.62. The number of rotatable bonds is 19. The van der Waals surface area contributed by atoms with E-state index in [0.717, 1.165) is 12.8 Å². The lowest BCUT2D eigenvalue weighted by molar-refractivity contribution is -0.146. The van der Waals surface area contributed by atoms with Gasteiger partial charge in [0.05, 0.1) is 6.10 Å². The fraction of sp³-hybridized carbons (Fsp3) is 0.952. The molecule has 0 unspecified atom stereocenters. The van der Waals surface area contributed by atoms with Crippen molar-refractivity contribution >= 4 is 28.6 Å². The van der Waals surface area contributed by atoms with Crippen LogP contribution in [0.25, 0.3) is 0 Å². The second-order valence-corrected chi connectivity index (χ2v) is 8.07. The van der Waals surface area contributed by atoms with Gasteiger partial charge in [0.25, 0.3) is 0 Å². The first-order valence-corrected chi connectivity index (χ1v) is 12.1. The first-order valence-electron chi connectivity index (χ1n) is 10.6. The van der Waals surface area contributed by atoms with Gasteiger partial charge in [-0.15, -0.1) is 0 Å². The molecule has 0 saturated heterocycles. The van der Waals surface area contributed by atoms with Gasteiger partial charge in [0.1, 0.15) is 6.61 Å². The molecule has 0 aromatic carbocycles. The Kier molecular flexibility index (Phi) is 20.6. The summed E-state index contributed by atoms with van der Waals surface area (Å²) in [5, 5.41) is 9.33. The van der Waals surface area contributed by atoms with Crippen LogP contribution in [0.1, 0.15) is 110 Å². The monoisotopic (exact) mass is 468 g/mol. The highest BCUT2D eigenvalue weighted by molar-refractivity contribution is 14.1. The van der Waals surface area contributed by atoms with Gasteiger partial charge < -0.3 is 9.84 Å². The molecule has 1 atom stereocenters. The van der Waals surface area contributed by atoms with Crippen molar-refractivity contribution in [3.8, 4) is 0 Å². The number of hydrogen-bond donors (Lipinski definition) is 1. The first-order chi connectivity index (χ1) is 12.2. The van der Waals surface area contributed by atoms with Gasteiger partial charge in [-0.3, -0.25) is 4.79 Å². The molecule has 4 heteroatoms. The van der Waals surface area contributed by atoms with Crippen LogP contribution in [0, 0.1) is 0 Å². The number of carbonyl (C=O) groups excluding carboxylic acids is 1. The van der Waals surface area contributed by atoms with Gasteiger partial charge >= 0.3 is 5.97 Å². The molecule has 0 aliphatic rings. The van der Waals surface area contributed by atoms with Crippen LogP contribution in [-0.4, -0.2) is 28.2 Å². The van der Waals surface area contributed by atoms with E-state index in [1.54, 1.807) is 0 Å². The highest BCUT2D eigenvalue weighted by Gasteiger charge is 2.07. The lowest BCUT2D eigenvalue weighted by Crippen LogP contribution is -2.19. The minimum atomic E-state index is -0.523. The van der Waals surface area contributed by atoms with Gasteiger partial charge in [0.2, 0.25) is 0 Å². The van der Waals surface area contributed by atoms with Crippen molar-refractivity contribution < 1.29 is 14.6 Å². The van der Waals surface area contributed by atoms with Crippen LogP contribution >= 0.6 is 22.6 Å². The summed E-state index contributed by atoms with van der Waals surface area (Å²) in [6.45, 7) is 2.41. The molecule has 0 aliphatic carbocycles. The zero-order chi connectivity index (χ0) is 18.6. The third-order valence-corrected chi connectivity index (χ3v) is 5.62. The molecule has 0 aromatic rings. The Morgan fingerprint density at radius 2 is 1.20 bits per heavy atom. The number of halogens is 1. The van der Waals surface area contributed by atoms with Crippen molar-refractivity contribution in [2.24, 2.45) is 0 Å². The van der Waals surface area contributed by atoms with Crippen LogP contribution in [0.15, 0.2) is 0 Å². The van der Waals surface area contributed by atoms with Gasteiger partial charge in [-0.1, -0.05) is 119 Å². The topological polar surface area (TPSA) is 46.5 Å². The van der Waals surface area contributed by atoms with E-state index in [1.807, 2.05) is 0 Å². The van der Waals surface area contributed by atoms with Crippen molar-refractivity contribution in [2.75, 3.05) is 11.0 Å². The Hall–Kier alpha value is 0.160. The third-order valence-electron chi connectivity index (χ3n) is 4.60. The Bertz CT molecular complexity index is 284. The fourth-order valence-corrected chi connectivity index (χ4v) is 3.20. The molecule has 0 bridgehead atoms. The Morgan fingerprint density at radius 1 is 0.800 bits per heavy atom. The largest absolute Gasteiger partial charge is 0.463 e. The maximum absolute atomic E-state index is 11.5. The van der Waals surface area contributed by atoms with Crippen molar-refractivity contribution in [3.05, 3.63) is 0 Å². The van der Waals surface area contributed by atoms with Gasteiger partial charge in [0.15, 0.2) is 0 Å². The third kappa shape index (κ3) is 20.3. The fourth-order valence-electron chi connectivity index (χ4n) is 2.95. The van der Waals surface area contributed by atoms with E-state index in [9.17, 15) is 9.90 Å². The Morgan fingerprint density at radius 3 is 1.60 bits per heavy atom. The zero-order valence-corrected chi connectivity index (χ0v) is 18.6. The van der Waals surface area contributed by atoms with Crippen LogP contribution in [0.3, 0.4) is 0 Å². The van der Waals surface area contributed by atoms with Gasteiger partial charge in [-0.05, 0) is 6.42 Å². The molecule has 0 rings (SSSR count). The Balaban J connectivity index is 3.12. The minimum absolute atomic E-state index is 0.139. The van der Waals surface area contributed by atoms with Crippen molar-refractivity contribution in [3.63, 3.8) is 0 Å². The maximum atomic E-state index is 11.5. The highest BCUT2D eigenvalue weighted by atomic mass is 127. The van der Waals surface area contributed by atoms with E-state index >= 15 is 0 Å². The second-order valence-electron chi connectivity index (χ2n) is 7.19. The standard InChI is InChI=1S/C21H41IO3/c1-2-3-4-5-6-7-8-9-10-11-12-13-14-15-16-17-21(24)25-19-20(23)18-22/h20,23H,2-19H2,1H3/t20-/m0/s1. The van der Waals surface area contributed by atoms with E-state index < -0.39 is 6.10 Å². The average molecular weight is 468 g/mol. The molecule has 3 nitrogen and oxygen atoms in total. The summed E-state index contributed by atoms with van der Waals surface area (Å²) in [7, 11) is 0. The average Bonchev–Trinajstić information content (AvgIpc) is 2.62. The van der Waals surface area contributed by atoms with E-state index in [4.69, 9.17) is 4.74 Å². The number of esters is 1. The molecule has 0 fully saturated rings. The summed E-state index contributed by atoms with van der Waals surface area (Å²) in [6.07, 6.45) is 19.9. The number of unbranched alkanes of at least 4 members (excludes halogenated alkanes) is 14. The van der Waals surface area contributed by atoms with Crippen LogP contribution in [0.5, 0.6) is 0 Å². The molecule has 25 heavy (non-hydrogen) atoms. The van der Waals surface area contributed by atoms with E-state index in [0.29, 0.717) is 10.8 Å². The number of hydrogen-bond acceptors (Lipinski definition) is 3. The number of carbonyl (C=O) groups is 1. The minimum Gasteiger partial charge on any atom is -0.463 e. The summed E-state index contributed by atoms with van der Waals surface area (Å²) in [5.41, 5.74) is 0. The Labute approximate surface area is 169 Å². The quantitative estimate of drug-likeness (QED) is 0.101. The molecule has 1 N–H and O–H groups in total. The predicted molar refractivity (Wildman–Crippen MR) is 115 cm³/mol. The molecule has 0 spiro atoms. The highest BCUT2D eigenvalue weighted by Crippen LogP contribution is 2.13. The number of ether oxygens (including phenoxy) is 1. The van der Waals surface area contributed by atoms with E-state index in [-0.39, 0.29) is 12.6 Å². The van der Waals surface area contributed by atoms with Crippen molar-refractivity contribution in [2.45, 2.75) is 116 Å². The molecule has 0 radical (unpaired) electrons. The van der Waals surface area contributed by atoms with Crippen LogP contribution < -0.4 is 0 Å². The van der Waals surface area contributed by atoms with Crippen LogP contribution in [0.2, 0.25) is 0 Å². The summed E-state index contributed by atoms with van der Waals surface area (Å²) in [4.78, 5) is 11.5. The predicted octanol–water partition coefficient (Wildman–Crippen LogP) is 6.59. The van der Waals surface area contributed by atoms with E-state index in [2.05, 4.69) is 29.5 Å². The lowest BCUT2D eigenvalue weighted by atomic mass is 10.0. The zero-order valence-electron chi connectivity index (χ0n) is 16.4. The number of aliphatic hydroxyl groups is 1. The van der Waals surface area contributed by atoms with Gasteiger partial charge in [-0.25, -0.2) is 0 Å². The van der Waals surface area contributed by atoms with Gasteiger partial charge in [-0.2, -0.15) is 0 Å². The molecule has 0 aromatic heterocycles. The number of aliphatic hydroxyl groups excluding tert-OH is 1. The maximum Gasteiger partial charge on any atom is 0.305 e. The van der Waals surface area contributed by atoms with E-state index in [1.165, 1.54) is 83.5 Å².